The first-order valence-corrected chi connectivity index (χ1v) is 5.65. The number of rotatable bonds is 1. The van der Waals surface area contributed by atoms with Crippen molar-refractivity contribution in [1.29, 1.82) is 0 Å². The number of hydrogen-bond acceptors (Lipinski definition) is 1. The van der Waals surface area contributed by atoms with Crippen LogP contribution in [0.5, 0.6) is 0 Å². The van der Waals surface area contributed by atoms with Crippen LogP contribution in [0.3, 0.4) is 0 Å². The summed E-state index contributed by atoms with van der Waals surface area (Å²) in [5.41, 5.74) is 7.14. The van der Waals surface area contributed by atoms with E-state index in [1.54, 1.807) is 0 Å². The second-order valence-corrected chi connectivity index (χ2v) is 6.08. The van der Waals surface area contributed by atoms with Gasteiger partial charge in [-0.25, -0.2) is 0 Å². The van der Waals surface area contributed by atoms with Crippen LogP contribution in [0.1, 0.15) is 47.0 Å². The minimum atomic E-state index is 0.384. The van der Waals surface area contributed by atoms with Gasteiger partial charge in [-0.3, -0.25) is 0 Å². The molecule has 2 bridgehead atoms. The topological polar surface area (TPSA) is 26.0 Å². The molecule has 0 amide bonds. The summed E-state index contributed by atoms with van der Waals surface area (Å²) in [6, 6.07) is 0.384. The Morgan fingerprint density at radius 1 is 1.31 bits per heavy atom. The van der Waals surface area contributed by atoms with Gasteiger partial charge >= 0.3 is 0 Å². The van der Waals surface area contributed by atoms with Gasteiger partial charge in [-0.1, -0.05) is 20.8 Å². The van der Waals surface area contributed by atoms with Gasteiger partial charge in [0.15, 0.2) is 0 Å². The first kappa shape index (κ1) is 9.51. The summed E-state index contributed by atoms with van der Waals surface area (Å²) >= 11 is 0. The fourth-order valence-corrected chi connectivity index (χ4v) is 4.06. The molecule has 1 heteroatoms. The molecule has 0 radical (unpaired) electrons. The third-order valence-electron chi connectivity index (χ3n) is 5.50. The fourth-order valence-electron chi connectivity index (χ4n) is 4.06. The summed E-state index contributed by atoms with van der Waals surface area (Å²) in [6.07, 6.45) is 4.21. The van der Waals surface area contributed by atoms with Crippen molar-refractivity contribution < 1.29 is 0 Å². The molecular formula is C12H23N. The second kappa shape index (κ2) is 2.50. The maximum Gasteiger partial charge on any atom is 0.00442 e. The van der Waals surface area contributed by atoms with Gasteiger partial charge in [-0.15, -0.1) is 0 Å². The highest BCUT2D eigenvalue weighted by Crippen LogP contribution is 2.68. The van der Waals surface area contributed by atoms with E-state index in [9.17, 15) is 0 Å². The molecule has 1 unspecified atom stereocenters. The van der Waals surface area contributed by atoms with Gasteiger partial charge in [0, 0.05) is 6.04 Å². The van der Waals surface area contributed by atoms with E-state index in [4.69, 9.17) is 5.73 Å². The molecule has 2 rings (SSSR count). The van der Waals surface area contributed by atoms with Gasteiger partial charge in [0.05, 0.1) is 0 Å². The first-order valence-electron chi connectivity index (χ1n) is 5.65. The predicted octanol–water partition coefficient (Wildman–Crippen LogP) is 2.80. The van der Waals surface area contributed by atoms with Crippen molar-refractivity contribution in [3.63, 3.8) is 0 Å². The summed E-state index contributed by atoms with van der Waals surface area (Å²) in [6.45, 7) is 9.56. The van der Waals surface area contributed by atoms with Gasteiger partial charge in [0.25, 0.3) is 0 Å². The molecule has 4 atom stereocenters. The summed E-state index contributed by atoms with van der Waals surface area (Å²) in [5.74, 6) is 1.70. The Bertz CT molecular complexity index is 219. The zero-order chi connectivity index (χ0) is 9.85. The SMILES string of the molecule is CC(N)[C@H]1C[C@H]2CC[C@]1(C)C2(C)C. The van der Waals surface area contributed by atoms with Crippen LogP contribution in [0.4, 0.5) is 0 Å². The van der Waals surface area contributed by atoms with Gasteiger partial charge in [0.2, 0.25) is 0 Å². The van der Waals surface area contributed by atoms with E-state index in [0.717, 1.165) is 11.8 Å². The zero-order valence-electron chi connectivity index (χ0n) is 9.43. The lowest BCUT2D eigenvalue weighted by Gasteiger charge is -2.41. The third-order valence-corrected chi connectivity index (χ3v) is 5.50. The van der Waals surface area contributed by atoms with Crippen LogP contribution in [0.15, 0.2) is 0 Å². The molecule has 0 aromatic rings. The van der Waals surface area contributed by atoms with Crippen LogP contribution in [0, 0.1) is 22.7 Å². The molecule has 1 nitrogen and oxygen atoms in total. The van der Waals surface area contributed by atoms with Crippen molar-refractivity contribution in [1.82, 2.24) is 0 Å². The Balaban J connectivity index is 2.33. The van der Waals surface area contributed by atoms with Crippen molar-refractivity contribution in [2.24, 2.45) is 28.4 Å². The normalized spacial score (nSPS) is 49.6. The summed E-state index contributed by atoms with van der Waals surface area (Å²) < 4.78 is 0. The zero-order valence-corrected chi connectivity index (χ0v) is 9.43. The van der Waals surface area contributed by atoms with Gasteiger partial charge in [-0.05, 0) is 48.9 Å². The van der Waals surface area contributed by atoms with E-state index < -0.39 is 0 Å². The first-order chi connectivity index (χ1) is 5.89. The number of nitrogens with two attached hydrogens (primary N) is 1. The predicted molar refractivity (Wildman–Crippen MR) is 56.4 cm³/mol. The van der Waals surface area contributed by atoms with E-state index in [1.807, 2.05) is 0 Å². The summed E-state index contributed by atoms with van der Waals surface area (Å²) in [7, 11) is 0. The Kier molecular flexibility index (Phi) is 1.83. The molecule has 2 aliphatic rings. The van der Waals surface area contributed by atoms with Gasteiger partial charge in [-0.2, -0.15) is 0 Å². The Morgan fingerprint density at radius 2 is 1.92 bits per heavy atom. The molecule has 0 aliphatic heterocycles. The highest BCUT2D eigenvalue weighted by Gasteiger charge is 2.61. The van der Waals surface area contributed by atoms with Crippen molar-refractivity contribution in [3.05, 3.63) is 0 Å². The average Bonchev–Trinajstić information content (AvgIpc) is 2.34. The van der Waals surface area contributed by atoms with Crippen LogP contribution < -0.4 is 5.73 Å². The minimum Gasteiger partial charge on any atom is -0.328 e. The van der Waals surface area contributed by atoms with E-state index in [0.29, 0.717) is 16.9 Å². The molecule has 0 heterocycles. The minimum absolute atomic E-state index is 0.384. The summed E-state index contributed by atoms with van der Waals surface area (Å²) in [5, 5.41) is 0. The maximum absolute atomic E-state index is 6.09. The van der Waals surface area contributed by atoms with Crippen molar-refractivity contribution in [2.45, 2.75) is 53.0 Å². The average molecular weight is 181 g/mol. The van der Waals surface area contributed by atoms with Crippen molar-refractivity contribution in [3.8, 4) is 0 Å². The smallest absolute Gasteiger partial charge is 0.00442 e. The standard InChI is InChI=1S/C12H23N/c1-8(13)10-7-9-5-6-12(10,4)11(9,2)3/h8-10H,5-7,13H2,1-4H3/t8?,9-,10-,12+/m1/s1. The van der Waals surface area contributed by atoms with E-state index in [2.05, 4.69) is 27.7 Å². The molecule has 2 fully saturated rings. The molecule has 0 aromatic carbocycles. The Hall–Kier alpha value is -0.0400. The molecule has 0 saturated heterocycles. The maximum atomic E-state index is 6.09. The molecule has 2 saturated carbocycles. The molecule has 2 aliphatic carbocycles. The largest absolute Gasteiger partial charge is 0.328 e. The number of hydrogen-bond donors (Lipinski definition) is 1. The van der Waals surface area contributed by atoms with Crippen molar-refractivity contribution in [2.75, 3.05) is 0 Å². The highest BCUT2D eigenvalue weighted by atomic mass is 14.7. The van der Waals surface area contributed by atoms with E-state index in [-0.39, 0.29) is 0 Å². The van der Waals surface area contributed by atoms with Crippen LogP contribution in [0.2, 0.25) is 0 Å². The molecule has 0 spiro atoms. The molecule has 76 valence electrons. The molecule has 2 N–H and O–H groups in total. The third kappa shape index (κ3) is 0.971. The van der Waals surface area contributed by atoms with E-state index in [1.165, 1.54) is 19.3 Å². The van der Waals surface area contributed by atoms with Crippen LogP contribution in [0.25, 0.3) is 0 Å². The Labute approximate surface area is 82.1 Å². The van der Waals surface area contributed by atoms with Crippen LogP contribution in [-0.4, -0.2) is 6.04 Å². The molecule has 13 heavy (non-hydrogen) atoms. The van der Waals surface area contributed by atoms with Crippen LogP contribution in [-0.2, 0) is 0 Å². The van der Waals surface area contributed by atoms with E-state index >= 15 is 0 Å². The van der Waals surface area contributed by atoms with Crippen molar-refractivity contribution >= 4 is 0 Å². The number of fused-ring (bicyclic) bond motifs is 2. The summed E-state index contributed by atoms with van der Waals surface area (Å²) in [4.78, 5) is 0. The lowest BCUT2D eigenvalue weighted by Crippen LogP contribution is -2.40. The second-order valence-electron chi connectivity index (χ2n) is 6.08. The monoisotopic (exact) mass is 181 g/mol. The quantitative estimate of drug-likeness (QED) is 0.661. The van der Waals surface area contributed by atoms with Gasteiger partial charge < -0.3 is 5.73 Å². The van der Waals surface area contributed by atoms with Crippen LogP contribution >= 0.6 is 0 Å². The lowest BCUT2D eigenvalue weighted by atomic mass is 9.65. The molecule has 0 aromatic heterocycles. The van der Waals surface area contributed by atoms with Gasteiger partial charge in [0.1, 0.15) is 0 Å². The molecular weight excluding hydrogens is 158 g/mol. The highest BCUT2D eigenvalue weighted by molar-refractivity contribution is 5.11. The fraction of sp³-hybridized carbons (Fsp3) is 1.00. The Morgan fingerprint density at radius 3 is 2.15 bits per heavy atom. The lowest BCUT2D eigenvalue weighted by molar-refractivity contribution is 0.0911.